The summed E-state index contributed by atoms with van der Waals surface area (Å²) >= 11 is 0. The maximum atomic E-state index is 6.29. The van der Waals surface area contributed by atoms with Gasteiger partial charge in [0.25, 0.3) is 0 Å². The van der Waals surface area contributed by atoms with Crippen LogP contribution in [0.1, 0.15) is 23.6 Å². The Hall–Kier alpha value is -4.57. The fraction of sp³-hybridized carbons (Fsp3) is 0.344. The molecule has 0 unspecified atom stereocenters. The van der Waals surface area contributed by atoms with E-state index in [1.54, 1.807) is 0 Å². The van der Waals surface area contributed by atoms with Crippen LogP contribution in [0.4, 0.5) is 34.6 Å². The van der Waals surface area contributed by atoms with Crippen molar-refractivity contribution in [2.75, 3.05) is 69.3 Å². The number of nitrogens with two attached hydrogens (primary N) is 1. The second kappa shape index (κ2) is 11.7. The highest BCUT2D eigenvalue weighted by Gasteiger charge is 2.21. The standard InChI is InChI=1S/C32H40N10/c1-20-16-28(40(5)6)24-18-22(11-13-26(24)34-20)42(32-37-30(36-31(33)38-32)10-9-15-39(3)4)23-12-14-27-25(19-23)29(41(7)8)17-21(2)35-27/h11-14,16-19H,9-10,15H2,1-8H3,(H2,33,36,37,38). The predicted molar refractivity (Wildman–Crippen MR) is 175 cm³/mol. The molecule has 0 saturated heterocycles. The first-order chi connectivity index (χ1) is 20.0. The van der Waals surface area contributed by atoms with Crippen LogP contribution < -0.4 is 20.4 Å². The van der Waals surface area contributed by atoms with Gasteiger partial charge in [0.1, 0.15) is 5.82 Å². The third-order valence-corrected chi connectivity index (χ3v) is 7.17. The average molecular weight is 565 g/mol. The quantitative estimate of drug-likeness (QED) is 0.255. The van der Waals surface area contributed by atoms with E-state index >= 15 is 0 Å². The van der Waals surface area contributed by atoms with Crippen LogP contribution in [0.2, 0.25) is 0 Å². The summed E-state index contributed by atoms with van der Waals surface area (Å²) in [6.07, 6.45) is 1.61. The molecule has 0 amide bonds. The molecule has 0 atom stereocenters. The molecule has 10 nitrogen and oxygen atoms in total. The Kier molecular flexibility index (Phi) is 8.08. The molecule has 0 saturated carbocycles. The first-order valence-electron chi connectivity index (χ1n) is 14.1. The molecule has 0 radical (unpaired) electrons. The van der Waals surface area contributed by atoms with Gasteiger partial charge in [-0.15, -0.1) is 0 Å². The van der Waals surface area contributed by atoms with Gasteiger partial charge in [-0.1, -0.05) is 0 Å². The molecule has 0 aliphatic rings. The Morgan fingerprint density at radius 1 is 0.643 bits per heavy atom. The number of nitrogen functional groups attached to an aromatic ring is 1. The lowest BCUT2D eigenvalue weighted by Gasteiger charge is -2.26. The number of anilines is 6. The smallest absolute Gasteiger partial charge is 0.239 e. The van der Waals surface area contributed by atoms with Crippen LogP contribution in [-0.2, 0) is 6.42 Å². The summed E-state index contributed by atoms with van der Waals surface area (Å²) in [6.45, 7) is 4.97. The van der Waals surface area contributed by atoms with E-state index in [0.29, 0.717) is 18.2 Å². The van der Waals surface area contributed by atoms with Crippen molar-refractivity contribution in [3.05, 3.63) is 65.7 Å². The van der Waals surface area contributed by atoms with Crippen molar-refractivity contribution in [3.8, 4) is 0 Å². The molecular weight excluding hydrogens is 524 g/mol. The van der Waals surface area contributed by atoms with E-state index in [0.717, 1.165) is 68.9 Å². The molecule has 0 fully saturated rings. The second-order valence-corrected chi connectivity index (χ2v) is 11.4. The van der Waals surface area contributed by atoms with E-state index in [9.17, 15) is 0 Å². The zero-order chi connectivity index (χ0) is 30.1. The Bertz CT molecular complexity index is 1650. The number of aryl methyl sites for hydroxylation is 3. The monoisotopic (exact) mass is 564 g/mol. The molecule has 2 aromatic carbocycles. The molecule has 2 N–H and O–H groups in total. The largest absolute Gasteiger partial charge is 0.377 e. The van der Waals surface area contributed by atoms with Gasteiger partial charge in [-0.2, -0.15) is 15.0 Å². The van der Waals surface area contributed by atoms with Crippen molar-refractivity contribution >= 4 is 56.5 Å². The van der Waals surface area contributed by atoms with Crippen molar-refractivity contribution < 1.29 is 0 Å². The van der Waals surface area contributed by atoms with Crippen LogP contribution in [-0.4, -0.2) is 78.7 Å². The van der Waals surface area contributed by atoms with Crippen LogP contribution in [0.3, 0.4) is 0 Å². The van der Waals surface area contributed by atoms with Gasteiger partial charge in [0.2, 0.25) is 11.9 Å². The Morgan fingerprint density at radius 3 is 1.64 bits per heavy atom. The van der Waals surface area contributed by atoms with Crippen molar-refractivity contribution in [2.45, 2.75) is 26.7 Å². The number of hydrogen-bond donors (Lipinski definition) is 1. The second-order valence-electron chi connectivity index (χ2n) is 11.4. The van der Waals surface area contributed by atoms with Crippen molar-refractivity contribution in [3.63, 3.8) is 0 Å². The van der Waals surface area contributed by atoms with E-state index in [-0.39, 0.29) is 5.95 Å². The highest BCUT2D eigenvalue weighted by molar-refractivity contribution is 5.98. The number of hydrogen-bond acceptors (Lipinski definition) is 10. The minimum Gasteiger partial charge on any atom is -0.377 e. The average Bonchev–Trinajstić information content (AvgIpc) is 2.92. The number of aromatic nitrogens is 5. The van der Waals surface area contributed by atoms with Crippen LogP contribution in [0.15, 0.2) is 48.5 Å². The Balaban J connectivity index is 1.74. The van der Waals surface area contributed by atoms with Crippen molar-refractivity contribution in [1.29, 1.82) is 0 Å². The third kappa shape index (κ3) is 6.03. The van der Waals surface area contributed by atoms with Gasteiger partial charge in [-0.25, -0.2) is 0 Å². The molecule has 0 aliphatic carbocycles. The molecule has 5 aromatic rings. The van der Waals surface area contributed by atoms with E-state index in [1.807, 2.05) is 46.9 Å². The summed E-state index contributed by atoms with van der Waals surface area (Å²) in [5.41, 5.74) is 14.1. The summed E-state index contributed by atoms with van der Waals surface area (Å²) in [5.74, 6) is 1.34. The fourth-order valence-electron chi connectivity index (χ4n) is 5.24. The lowest BCUT2D eigenvalue weighted by atomic mass is 10.1. The molecule has 42 heavy (non-hydrogen) atoms. The summed E-state index contributed by atoms with van der Waals surface area (Å²) in [6, 6.07) is 16.7. The maximum Gasteiger partial charge on any atom is 0.239 e. The number of benzene rings is 2. The molecule has 10 heteroatoms. The highest BCUT2D eigenvalue weighted by atomic mass is 15.3. The normalized spacial score (nSPS) is 11.5. The molecule has 3 aromatic heterocycles. The lowest BCUT2D eigenvalue weighted by molar-refractivity contribution is 0.398. The minimum absolute atomic E-state index is 0.198. The first kappa shape index (κ1) is 28.9. The fourth-order valence-corrected chi connectivity index (χ4v) is 5.24. The topological polar surface area (TPSA) is 103 Å². The van der Waals surface area contributed by atoms with Gasteiger partial charge >= 0.3 is 0 Å². The summed E-state index contributed by atoms with van der Waals surface area (Å²) in [4.78, 5) is 32.1. The third-order valence-electron chi connectivity index (χ3n) is 7.17. The van der Waals surface area contributed by atoms with Crippen LogP contribution in [0.25, 0.3) is 21.8 Å². The zero-order valence-electron chi connectivity index (χ0n) is 25.8. The van der Waals surface area contributed by atoms with Gasteiger partial charge < -0.3 is 20.4 Å². The van der Waals surface area contributed by atoms with E-state index < -0.39 is 0 Å². The Morgan fingerprint density at radius 2 is 1.17 bits per heavy atom. The first-order valence-corrected chi connectivity index (χ1v) is 14.1. The summed E-state index contributed by atoms with van der Waals surface area (Å²) in [7, 11) is 12.3. The van der Waals surface area contributed by atoms with Gasteiger partial charge in [-0.05, 0) is 89.4 Å². The maximum absolute atomic E-state index is 6.29. The summed E-state index contributed by atoms with van der Waals surface area (Å²) < 4.78 is 0. The molecule has 0 spiro atoms. The zero-order valence-corrected chi connectivity index (χ0v) is 25.8. The van der Waals surface area contributed by atoms with Gasteiger partial charge in [0.15, 0.2) is 0 Å². The number of fused-ring (bicyclic) bond motifs is 2. The van der Waals surface area contributed by atoms with E-state index in [1.165, 1.54) is 0 Å². The van der Waals surface area contributed by atoms with Gasteiger partial charge in [-0.3, -0.25) is 14.9 Å². The molecular formula is C32H40N10. The Labute approximate surface area is 247 Å². The summed E-state index contributed by atoms with van der Waals surface area (Å²) in [5, 5.41) is 2.07. The van der Waals surface area contributed by atoms with E-state index in [2.05, 4.69) is 87.3 Å². The number of nitrogens with zero attached hydrogens (tertiary/aromatic N) is 9. The molecule has 218 valence electrons. The van der Waals surface area contributed by atoms with Crippen LogP contribution in [0, 0.1) is 13.8 Å². The van der Waals surface area contributed by atoms with Crippen molar-refractivity contribution in [1.82, 2.24) is 29.8 Å². The number of rotatable bonds is 9. The number of pyridine rings is 2. The molecule has 3 heterocycles. The van der Waals surface area contributed by atoms with E-state index in [4.69, 9.17) is 20.7 Å². The highest BCUT2D eigenvalue weighted by Crippen LogP contribution is 2.39. The van der Waals surface area contributed by atoms with Crippen LogP contribution in [0.5, 0.6) is 0 Å². The van der Waals surface area contributed by atoms with Crippen molar-refractivity contribution in [2.24, 2.45) is 0 Å². The van der Waals surface area contributed by atoms with Gasteiger partial charge in [0, 0.05) is 79.5 Å². The predicted octanol–water partition coefficient (Wildman–Crippen LogP) is 5.26. The van der Waals surface area contributed by atoms with Crippen LogP contribution >= 0.6 is 0 Å². The van der Waals surface area contributed by atoms with Gasteiger partial charge in [0.05, 0.1) is 11.0 Å². The molecule has 0 aliphatic heterocycles. The minimum atomic E-state index is 0.198. The molecule has 5 rings (SSSR count). The lowest BCUT2D eigenvalue weighted by Crippen LogP contribution is -2.18. The SMILES string of the molecule is Cc1cc(N(C)C)c2cc(N(c3ccc4nc(C)cc(N(C)C)c4c3)c3nc(N)nc(CCCN(C)C)n3)ccc2n1. The molecule has 0 bridgehead atoms.